The predicted octanol–water partition coefficient (Wildman–Crippen LogP) is 3.06. The van der Waals surface area contributed by atoms with Gasteiger partial charge in [-0.15, -0.1) is 0 Å². The van der Waals surface area contributed by atoms with Crippen molar-refractivity contribution in [2.45, 2.75) is 30.3 Å². The molecule has 0 bridgehead atoms. The SMILES string of the molecule is Cn1cc(SN)c(OCCC(O)C2CC2)c1C(=O)Nc1ccc(F)c(F)c1. The van der Waals surface area contributed by atoms with Crippen molar-refractivity contribution in [1.29, 1.82) is 0 Å². The molecule has 1 aliphatic rings. The highest BCUT2D eigenvalue weighted by Crippen LogP contribution is 2.35. The Morgan fingerprint density at radius 2 is 2.19 bits per heavy atom. The molecule has 1 aliphatic carbocycles. The number of nitrogens with two attached hydrogens (primary N) is 1. The molecular weight excluding hydrogens is 376 g/mol. The maximum absolute atomic E-state index is 13.4. The number of carbonyl (C=O) groups excluding carboxylic acids is 1. The van der Waals surface area contributed by atoms with Crippen LogP contribution in [0.25, 0.3) is 0 Å². The Morgan fingerprint density at radius 3 is 2.81 bits per heavy atom. The van der Waals surface area contributed by atoms with Crippen molar-refractivity contribution >= 4 is 23.5 Å². The van der Waals surface area contributed by atoms with Crippen LogP contribution < -0.4 is 15.2 Å². The molecular formula is C18H21F2N3O3S. The van der Waals surface area contributed by atoms with Crippen molar-refractivity contribution in [2.24, 2.45) is 18.1 Å². The highest BCUT2D eigenvalue weighted by atomic mass is 32.2. The first kappa shape index (κ1) is 19.7. The van der Waals surface area contributed by atoms with E-state index in [1.165, 1.54) is 6.07 Å². The fourth-order valence-corrected chi connectivity index (χ4v) is 3.31. The Balaban J connectivity index is 1.75. The van der Waals surface area contributed by atoms with Crippen LogP contribution in [-0.4, -0.2) is 28.3 Å². The van der Waals surface area contributed by atoms with Crippen LogP contribution in [0.15, 0.2) is 29.3 Å². The number of benzene rings is 1. The monoisotopic (exact) mass is 397 g/mol. The van der Waals surface area contributed by atoms with E-state index in [1.54, 1.807) is 17.8 Å². The van der Waals surface area contributed by atoms with Gasteiger partial charge in [-0.1, -0.05) is 0 Å². The second-order valence-corrected chi connectivity index (χ2v) is 7.20. The zero-order chi connectivity index (χ0) is 19.6. The van der Waals surface area contributed by atoms with Gasteiger partial charge in [-0.05, 0) is 42.8 Å². The third-order valence-corrected chi connectivity index (χ3v) is 4.99. The van der Waals surface area contributed by atoms with Crippen LogP contribution in [0.3, 0.4) is 0 Å². The van der Waals surface area contributed by atoms with Crippen LogP contribution >= 0.6 is 11.9 Å². The Bertz CT molecular complexity index is 839. The van der Waals surface area contributed by atoms with Gasteiger partial charge in [0.15, 0.2) is 23.1 Å². The molecule has 0 aliphatic heterocycles. The van der Waals surface area contributed by atoms with E-state index in [0.717, 1.165) is 36.9 Å². The van der Waals surface area contributed by atoms with Gasteiger partial charge in [0.1, 0.15) is 0 Å². The number of rotatable bonds is 8. The molecule has 1 saturated carbocycles. The number of ether oxygens (including phenoxy) is 1. The lowest BCUT2D eigenvalue weighted by Gasteiger charge is -2.13. The summed E-state index contributed by atoms with van der Waals surface area (Å²) in [5.74, 6) is -1.95. The number of hydrogen-bond acceptors (Lipinski definition) is 5. The van der Waals surface area contributed by atoms with Crippen LogP contribution in [0.2, 0.25) is 0 Å². The molecule has 9 heteroatoms. The molecule has 6 nitrogen and oxygen atoms in total. The van der Waals surface area contributed by atoms with Crippen LogP contribution in [0.1, 0.15) is 29.8 Å². The molecule has 4 N–H and O–H groups in total. The maximum atomic E-state index is 13.4. The van der Waals surface area contributed by atoms with Crippen molar-refractivity contribution in [3.63, 3.8) is 0 Å². The van der Waals surface area contributed by atoms with E-state index in [2.05, 4.69) is 5.32 Å². The molecule has 0 radical (unpaired) electrons. The number of hydrogen-bond donors (Lipinski definition) is 3. The number of aliphatic hydroxyl groups excluding tert-OH is 1. The maximum Gasteiger partial charge on any atom is 0.276 e. The highest BCUT2D eigenvalue weighted by Gasteiger charge is 2.30. The summed E-state index contributed by atoms with van der Waals surface area (Å²) in [5.41, 5.74) is 0.325. The Morgan fingerprint density at radius 1 is 1.44 bits per heavy atom. The minimum atomic E-state index is -1.05. The summed E-state index contributed by atoms with van der Waals surface area (Å²) in [4.78, 5) is 13.2. The number of anilines is 1. The van der Waals surface area contributed by atoms with Gasteiger partial charge >= 0.3 is 0 Å². The van der Waals surface area contributed by atoms with E-state index in [4.69, 9.17) is 9.88 Å². The Kier molecular flexibility index (Phi) is 6.03. The fourth-order valence-electron chi connectivity index (χ4n) is 2.83. The molecule has 0 saturated heterocycles. The molecule has 146 valence electrons. The lowest BCUT2D eigenvalue weighted by Crippen LogP contribution is -2.18. The third kappa shape index (κ3) is 4.60. The summed E-state index contributed by atoms with van der Waals surface area (Å²) in [6, 6.07) is 3.11. The Hall–Kier alpha value is -2.10. The van der Waals surface area contributed by atoms with E-state index >= 15 is 0 Å². The van der Waals surface area contributed by atoms with Gasteiger partial charge in [0.25, 0.3) is 5.91 Å². The van der Waals surface area contributed by atoms with Crippen molar-refractivity contribution in [1.82, 2.24) is 4.57 Å². The number of carbonyl (C=O) groups is 1. The number of nitrogens with one attached hydrogen (secondary N) is 1. The highest BCUT2D eigenvalue weighted by molar-refractivity contribution is 7.97. The van der Waals surface area contributed by atoms with Crippen molar-refractivity contribution < 1.29 is 23.4 Å². The van der Waals surface area contributed by atoms with Crippen LogP contribution in [0.4, 0.5) is 14.5 Å². The summed E-state index contributed by atoms with van der Waals surface area (Å²) in [7, 11) is 1.66. The summed E-state index contributed by atoms with van der Waals surface area (Å²) in [6.45, 7) is 0.237. The average molecular weight is 397 g/mol. The average Bonchev–Trinajstić information content (AvgIpc) is 3.42. The van der Waals surface area contributed by atoms with Crippen molar-refractivity contribution in [3.8, 4) is 5.75 Å². The molecule has 1 unspecified atom stereocenters. The minimum absolute atomic E-state index is 0.122. The summed E-state index contributed by atoms with van der Waals surface area (Å²) in [5, 5.41) is 18.1. The molecule has 27 heavy (non-hydrogen) atoms. The lowest BCUT2D eigenvalue weighted by molar-refractivity contribution is 0.101. The summed E-state index contributed by atoms with van der Waals surface area (Å²) in [6.07, 6.45) is 3.74. The number of halogens is 2. The molecule has 1 heterocycles. The third-order valence-electron chi connectivity index (χ3n) is 4.45. The largest absolute Gasteiger partial charge is 0.490 e. The Labute approximate surface area is 159 Å². The molecule has 1 aromatic carbocycles. The standard InChI is InChI=1S/C18H21F2N3O3S/c1-23-9-15(27-21)17(26-7-6-14(24)10-2-3-10)16(23)18(25)22-11-4-5-12(19)13(20)8-11/h4-5,8-10,14,24H,2-3,6-7,21H2,1H3,(H,22,25). The zero-order valence-electron chi connectivity index (χ0n) is 14.7. The van der Waals surface area contributed by atoms with Gasteiger partial charge in [-0.3, -0.25) is 9.93 Å². The minimum Gasteiger partial charge on any atom is -0.490 e. The van der Waals surface area contributed by atoms with Crippen LogP contribution in [0, 0.1) is 17.6 Å². The van der Waals surface area contributed by atoms with Gasteiger partial charge in [0, 0.05) is 31.4 Å². The number of nitrogens with zero attached hydrogens (tertiary/aromatic N) is 1. The first-order chi connectivity index (χ1) is 12.9. The topological polar surface area (TPSA) is 89.5 Å². The summed E-state index contributed by atoms with van der Waals surface area (Å²) < 4.78 is 33.7. The first-order valence-corrected chi connectivity index (χ1v) is 9.42. The molecule has 1 atom stereocenters. The van der Waals surface area contributed by atoms with E-state index in [1.807, 2.05) is 0 Å². The second kappa shape index (κ2) is 8.28. The van der Waals surface area contributed by atoms with Crippen molar-refractivity contribution in [3.05, 3.63) is 41.7 Å². The van der Waals surface area contributed by atoms with E-state index in [9.17, 15) is 18.7 Å². The number of aromatic nitrogens is 1. The molecule has 1 fully saturated rings. The molecule has 1 aromatic heterocycles. The first-order valence-electron chi connectivity index (χ1n) is 8.54. The van der Waals surface area contributed by atoms with Gasteiger partial charge in [-0.25, -0.2) is 8.78 Å². The fraction of sp³-hybridized carbons (Fsp3) is 0.389. The molecule has 3 rings (SSSR count). The van der Waals surface area contributed by atoms with Gasteiger partial charge in [0.05, 0.1) is 17.6 Å². The van der Waals surface area contributed by atoms with E-state index in [-0.39, 0.29) is 18.0 Å². The molecule has 0 spiro atoms. The summed E-state index contributed by atoms with van der Waals surface area (Å²) >= 11 is 0.938. The number of aryl methyl sites for hydroxylation is 1. The number of aliphatic hydroxyl groups is 1. The normalized spacial score (nSPS) is 14.9. The second-order valence-electron chi connectivity index (χ2n) is 6.52. The smallest absolute Gasteiger partial charge is 0.276 e. The molecule has 2 aromatic rings. The van der Waals surface area contributed by atoms with Gasteiger partial charge < -0.3 is 19.7 Å². The zero-order valence-corrected chi connectivity index (χ0v) is 15.6. The van der Waals surface area contributed by atoms with Gasteiger partial charge in [-0.2, -0.15) is 0 Å². The van der Waals surface area contributed by atoms with Crippen LogP contribution in [0.5, 0.6) is 5.75 Å². The number of amides is 1. The predicted molar refractivity (Wildman–Crippen MR) is 98.6 cm³/mol. The van der Waals surface area contributed by atoms with Crippen LogP contribution in [-0.2, 0) is 7.05 Å². The lowest BCUT2D eigenvalue weighted by atomic mass is 10.2. The van der Waals surface area contributed by atoms with E-state index < -0.39 is 23.6 Å². The quantitative estimate of drug-likeness (QED) is 0.596. The van der Waals surface area contributed by atoms with E-state index in [0.29, 0.717) is 23.0 Å². The van der Waals surface area contributed by atoms with Crippen molar-refractivity contribution in [2.75, 3.05) is 11.9 Å². The van der Waals surface area contributed by atoms with Gasteiger partial charge in [0.2, 0.25) is 0 Å². The molecule has 1 amide bonds.